The second kappa shape index (κ2) is 9.27. The highest BCUT2D eigenvalue weighted by Gasteiger charge is 2.30. The van der Waals surface area contributed by atoms with Gasteiger partial charge in [-0.05, 0) is 63.1 Å². The second-order valence-electron chi connectivity index (χ2n) is 7.77. The van der Waals surface area contributed by atoms with Gasteiger partial charge in [-0.15, -0.1) is 0 Å². The van der Waals surface area contributed by atoms with E-state index < -0.39 is 15.9 Å². The number of carbonyl (C=O) groups is 1. The van der Waals surface area contributed by atoms with Gasteiger partial charge in [0.2, 0.25) is 10.0 Å². The van der Waals surface area contributed by atoms with Crippen LogP contribution >= 0.6 is 34.5 Å². The molecule has 170 valence electrons. The van der Waals surface area contributed by atoms with Gasteiger partial charge in [-0.3, -0.25) is 4.79 Å². The zero-order valence-electron chi connectivity index (χ0n) is 17.7. The highest BCUT2D eigenvalue weighted by atomic mass is 35.5. The number of thiazole rings is 1. The lowest BCUT2D eigenvalue weighted by Gasteiger charge is -2.32. The van der Waals surface area contributed by atoms with Crippen molar-refractivity contribution >= 4 is 60.7 Å². The monoisotopic (exact) mass is 511 g/mol. The van der Waals surface area contributed by atoms with Gasteiger partial charge in [0, 0.05) is 29.7 Å². The van der Waals surface area contributed by atoms with Crippen LogP contribution in [0.2, 0.25) is 10.0 Å². The molecular weight excluding hydrogens is 489 g/mol. The van der Waals surface area contributed by atoms with Crippen LogP contribution in [-0.4, -0.2) is 35.8 Å². The summed E-state index contributed by atoms with van der Waals surface area (Å²) in [5.74, 6) is -0.448. The minimum Gasteiger partial charge on any atom is -0.315 e. The lowest BCUT2D eigenvalue weighted by molar-refractivity contribution is 0.0997. The molecule has 1 aliphatic heterocycles. The molecule has 1 aliphatic rings. The van der Waals surface area contributed by atoms with Crippen molar-refractivity contribution in [2.45, 2.75) is 50.6 Å². The van der Waals surface area contributed by atoms with Crippen LogP contribution in [0.25, 0.3) is 10.2 Å². The van der Waals surface area contributed by atoms with E-state index in [1.807, 2.05) is 18.4 Å². The lowest BCUT2D eigenvalue weighted by atomic mass is 10.1. The fraction of sp³-hybridized carbons (Fsp3) is 0.364. The van der Waals surface area contributed by atoms with Crippen LogP contribution < -0.4 is 4.80 Å². The third-order valence-electron chi connectivity index (χ3n) is 5.66. The summed E-state index contributed by atoms with van der Waals surface area (Å²) in [6.07, 6.45) is 2.76. The number of benzene rings is 2. The number of carbonyl (C=O) groups excluding carboxylic acids is 1. The van der Waals surface area contributed by atoms with Crippen LogP contribution in [0.4, 0.5) is 0 Å². The van der Waals surface area contributed by atoms with E-state index in [0.29, 0.717) is 33.5 Å². The molecule has 0 radical (unpaired) electrons. The Bertz CT molecular complexity index is 1350. The van der Waals surface area contributed by atoms with Crippen LogP contribution in [0.3, 0.4) is 0 Å². The summed E-state index contributed by atoms with van der Waals surface area (Å²) in [6.45, 7) is 4.98. The average Bonchev–Trinajstić information content (AvgIpc) is 3.11. The first-order chi connectivity index (χ1) is 15.2. The molecule has 1 atom stereocenters. The first-order valence-electron chi connectivity index (χ1n) is 10.4. The van der Waals surface area contributed by atoms with Gasteiger partial charge < -0.3 is 4.57 Å². The molecule has 1 saturated heterocycles. The molecule has 0 spiro atoms. The predicted octanol–water partition coefficient (Wildman–Crippen LogP) is 5.33. The molecule has 0 N–H and O–H groups in total. The highest BCUT2D eigenvalue weighted by Crippen LogP contribution is 2.30. The fourth-order valence-electron chi connectivity index (χ4n) is 3.99. The number of hydrogen-bond acceptors (Lipinski definition) is 4. The maximum atomic E-state index is 13.0. The molecule has 0 bridgehead atoms. The summed E-state index contributed by atoms with van der Waals surface area (Å²) >= 11 is 13.8. The van der Waals surface area contributed by atoms with Crippen LogP contribution in [0.1, 0.15) is 43.5 Å². The Morgan fingerprint density at radius 2 is 1.91 bits per heavy atom. The Kier molecular flexibility index (Phi) is 6.79. The van der Waals surface area contributed by atoms with Crippen molar-refractivity contribution in [3.8, 4) is 0 Å². The lowest BCUT2D eigenvalue weighted by Crippen LogP contribution is -2.41. The van der Waals surface area contributed by atoms with E-state index >= 15 is 0 Å². The van der Waals surface area contributed by atoms with Crippen molar-refractivity contribution < 1.29 is 13.2 Å². The van der Waals surface area contributed by atoms with Crippen LogP contribution in [0.5, 0.6) is 0 Å². The Balaban J connectivity index is 1.67. The minimum absolute atomic E-state index is 0.0252. The Hall–Kier alpha value is -1.71. The van der Waals surface area contributed by atoms with Crippen molar-refractivity contribution in [1.82, 2.24) is 8.87 Å². The molecule has 6 nitrogen and oxygen atoms in total. The number of rotatable bonds is 4. The van der Waals surface area contributed by atoms with Crippen molar-refractivity contribution in [1.29, 1.82) is 0 Å². The zero-order chi connectivity index (χ0) is 23.0. The predicted molar refractivity (Wildman–Crippen MR) is 129 cm³/mol. The minimum atomic E-state index is -3.59. The first-order valence-corrected chi connectivity index (χ1v) is 13.4. The number of hydrogen-bond donors (Lipinski definition) is 0. The highest BCUT2D eigenvalue weighted by molar-refractivity contribution is 7.89. The molecule has 0 aliphatic carbocycles. The van der Waals surface area contributed by atoms with E-state index in [4.69, 9.17) is 23.2 Å². The van der Waals surface area contributed by atoms with E-state index in [-0.39, 0.29) is 10.9 Å². The van der Waals surface area contributed by atoms with E-state index in [2.05, 4.69) is 4.99 Å². The molecule has 32 heavy (non-hydrogen) atoms. The van der Waals surface area contributed by atoms with Crippen LogP contribution in [0.15, 0.2) is 46.3 Å². The number of nitrogens with zero attached hydrogens (tertiary/aromatic N) is 3. The molecule has 1 aromatic heterocycles. The number of aromatic nitrogens is 1. The maximum Gasteiger partial charge on any atom is 0.279 e. The molecule has 1 unspecified atom stereocenters. The summed E-state index contributed by atoms with van der Waals surface area (Å²) in [7, 11) is -3.59. The molecule has 2 heterocycles. The number of aryl methyl sites for hydroxylation is 1. The van der Waals surface area contributed by atoms with E-state index in [0.717, 1.165) is 29.5 Å². The average molecular weight is 512 g/mol. The molecule has 1 amide bonds. The topological polar surface area (TPSA) is 71.7 Å². The van der Waals surface area contributed by atoms with Crippen LogP contribution in [-0.2, 0) is 16.6 Å². The summed E-state index contributed by atoms with van der Waals surface area (Å²) < 4.78 is 30.3. The normalized spacial score (nSPS) is 18.4. The van der Waals surface area contributed by atoms with Gasteiger partial charge >= 0.3 is 0 Å². The number of piperidine rings is 1. The van der Waals surface area contributed by atoms with Crippen molar-refractivity contribution in [3.05, 3.63) is 56.8 Å². The third-order valence-corrected chi connectivity index (χ3v) is 9.22. The van der Waals surface area contributed by atoms with Crippen molar-refractivity contribution in [2.75, 3.05) is 6.54 Å². The quantitative estimate of drug-likeness (QED) is 0.474. The Labute approximate surface area is 201 Å². The summed E-state index contributed by atoms with van der Waals surface area (Å²) in [5.41, 5.74) is 1.10. The molecule has 0 saturated carbocycles. The maximum absolute atomic E-state index is 13.0. The van der Waals surface area contributed by atoms with Gasteiger partial charge in [-0.1, -0.05) is 41.0 Å². The van der Waals surface area contributed by atoms with Gasteiger partial charge in [0.25, 0.3) is 5.91 Å². The molecular formula is C22H23Cl2N3O3S2. The van der Waals surface area contributed by atoms with Gasteiger partial charge in [0.05, 0.1) is 20.1 Å². The zero-order valence-corrected chi connectivity index (χ0v) is 20.9. The molecule has 1 fully saturated rings. The Morgan fingerprint density at radius 3 is 2.56 bits per heavy atom. The number of fused-ring (bicyclic) bond motifs is 1. The van der Waals surface area contributed by atoms with Gasteiger partial charge in [-0.25, -0.2) is 8.42 Å². The van der Waals surface area contributed by atoms with Gasteiger partial charge in [0.1, 0.15) is 0 Å². The number of halogens is 2. The number of amides is 1. The SMILES string of the molecule is CCn1c(=NC(=O)c2ccc(S(=O)(=O)N3CCCCC3C)cc2)sc2cc(Cl)cc(Cl)c21. The third kappa shape index (κ3) is 4.39. The largest absolute Gasteiger partial charge is 0.315 e. The van der Waals surface area contributed by atoms with Crippen LogP contribution in [0, 0.1) is 0 Å². The van der Waals surface area contributed by atoms with Crippen molar-refractivity contribution in [2.24, 2.45) is 4.99 Å². The van der Waals surface area contributed by atoms with E-state index in [9.17, 15) is 13.2 Å². The summed E-state index contributed by atoms with van der Waals surface area (Å²) in [6, 6.07) is 9.43. The first kappa shape index (κ1) is 23.4. The fourth-order valence-corrected chi connectivity index (χ4v) is 7.57. The smallest absolute Gasteiger partial charge is 0.279 e. The van der Waals surface area contributed by atoms with E-state index in [1.54, 1.807) is 16.4 Å². The van der Waals surface area contributed by atoms with Gasteiger partial charge in [0.15, 0.2) is 4.80 Å². The number of sulfonamides is 1. The molecule has 3 aromatic rings. The molecule has 4 rings (SSSR count). The van der Waals surface area contributed by atoms with Crippen molar-refractivity contribution in [3.63, 3.8) is 0 Å². The van der Waals surface area contributed by atoms with E-state index in [1.165, 1.54) is 35.6 Å². The Morgan fingerprint density at radius 1 is 1.19 bits per heavy atom. The summed E-state index contributed by atoms with van der Waals surface area (Å²) in [4.78, 5) is 17.8. The second-order valence-corrected chi connectivity index (χ2v) is 11.5. The standard InChI is InChI=1S/C22H23Cl2N3O3S2/c1-3-26-20-18(24)12-16(23)13-19(20)31-22(26)25-21(28)15-7-9-17(10-8-15)32(29,30)27-11-5-4-6-14(27)2/h7-10,12-14H,3-6,11H2,1-2H3. The molecule has 10 heteroatoms. The molecule has 2 aromatic carbocycles. The van der Waals surface area contributed by atoms with Gasteiger partial charge in [-0.2, -0.15) is 9.30 Å². The summed E-state index contributed by atoms with van der Waals surface area (Å²) in [5, 5.41) is 1.02.